The van der Waals surface area contributed by atoms with Gasteiger partial charge in [-0.15, -0.1) is 10.2 Å². The quantitative estimate of drug-likeness (QED) is 0.797. The molecule has 17 heavy (non-hydrogen) atoms. The first-order valence-electron chi connectivity index (χ1n) is 5.67. The van der Waals surface area contributed by atoms with Gasteiger partial charge in [0.1, 0.15) is 0 Å². The van der Waals surface area contributed by atoms with E-state index in [1.54, 1.807) is 0 Å². The summed E-state index contributed by atoms with van der Waals surface area (Å²) in [6, 6.07) is 6.19. The highest BCUT2D eigenvalue weighted by molar-refractivity contribution is 9.09. The fourth-order valence-electron chi connectivity index (χ4n) is 1.70. The summed E-state index contributed by atoms with van der Waals surface area (Å²) in [6.07, 6.45) is 0.925. The van der Waals surface area contributed by atoms with Gasteiger partial charge in [-0.05, 0) is 31.9 Å². The summed E-state index contributed by atoms with van der Waals surface area (Å²) in [5.41, 5.74) is 3.39. The van der Waals surface area contributed by atoms with Crippen LogP contribution in [0.5, 0.6) is 0 Å². The molecule has 0 amide bonds. The van der Waals surface area contributed by atoms with Gasteiger partial charge in [0.05, 0.1) is 4.83 Å². The maximum Gasteiger partial charge on any atom is 0.248 e. The van der Waals surface area contributed by atoms with Gasteiger partial charge in [0.2, 0.25) is 11.8 Å². The van der Waals surface area contributed by atoms with Crippen LogP contribution in [0.1, 0.15) is 35.2 Å². The van der Waals surface area contributed by atoms with Crippen LogP contribution in [0.15, 0.2) is 22.6 Å². The van der Waals surface area contributed by atoms with Gasteiger partial charge in [-0.1, -0.05) is 40.5 Å². The standard InChI is InChI=1S/C13H15BrN2O/c1-4-11(14)13-16-15-12(17-13)10-6-5-8(2)7-9(10)3/h5-7,11H,4H2,1-3H3. The van der Waals surface area contributed by atoms with Crippen molar-refractivity contribution < 1.29 is 4.42 Å². The topological polar surface area (TPSA) is 38.9 Å². The summed E-state index contributed by atoms with van der Waals surface area (Å²) in [6.45, 7) is 6.19. The lowest BCUT2D eigenvalue weighted by atomic mass is 10.1. The molecule has 3 nitrogen and oxygen atoms in total. The number of aryl methyl sites for hydroxylation is 2. The van der Waals surface area contributed by atoms with Crippen molar-refractivity contribution in [3.8, 4) is 11.5 Å². The highest BCUT2D eigenvalue weighted by Crippen LogP contribution is 2.29. The molecule has 0 saturated heterocycles. The Morgan fingerprint density at radius 1 is 1.29 bits per heavy atom. The van der Waals surface area contributed by atoms with Crippen molar-refractivity contribution in [2.45, 2.75) is 32.0 Å². The lowest BCUT2D eigenvalue weighted by Crippen LogP contribution is -1.86. The molecule has 0 aliphatic heterocycles. The molecule has 1 heterocycles. The van der Waals surface area contributed by atoms with Gasteiger partial charge < -0.3 is 4.42 Å². The molecule has 1 atom stereocenters. The number of hydrogen-bond donors (Lipinski definition) is 0. The molecule has 0 fully saturated rings. The average Bonchev–Trinajstić information content (AvgIpc) is 2.77. The Bertz CT molecular complexity index is 522. The summed E-state index contributed by atoms with van der Waals surface area (Å²) in [4.78, 5) is 0.134. The van der Waals surface area contributed by atoms with E-state index in [1.165, 1.54) is 5.56 Å². The number of alkyl halides is 1. The average molecular weight is 295 g/mol. The van der Waals surface area contributed by atoms with Crippen molar-refractivity contribution in [3.63, 3.8) is 0 Å². The number of hydrogen-bond acceptors (Lipinski definition) is 3. The van der Waals surface area contributed by atoms with Crippen LogP contribution >= 0.6 is 15.9 Å². The van der Waals surface area contributed by atoms with Crippen LogP contribution < -0.4 is 0 Å². The number of benzene rings is 1. The number of nitrogens with zero attached hydrogens (tertiary/aromatic N) is 2. The third-order valence-electron chi connectivity index (χ3n) is 2.68. The molecule has 0 aliphatic rings. The third-order valence-corrected chi connectivity index (χ3v) is 3.72. The molecule has 2 rings (SSSR count). The predicted octanol–water partition coefficient (Wildman–Crippen LogP) is 4.20. The van der Waals surface area contributed by atoms with Crippen LogP contribution in [-0.2, 0) is 0 Å². The second-order valence-corrected chi connectivity index (χ2v) is 5.24. The summed E-state index contributed by atoms with van der Waals surface area (Å²) >= 11 is 3.50. The Balaban J connectivity index is 2.37. The lowest BCUT2D eigenvalue weighted by Gasteiger charge is -2.02. The molecule has 0 aliphatic carbocycles. The van der Waals surface area contributed by atoms with Crippen LogP contribution in [0, 0.1) is 13.8 Å². The van der Waals surface area contributed by atoms with E-state index in [0.717, 1.165) is 17.5 Å². The highest BCUT2D eigenvalue weighted by Gasteiger charge is 2.15. The van der Waals surface area contributed by atoms with Crippen molar-refractivity contribution >= 4 is 15.9 Å². The van der Waals surface area contributed by atoms with Gasteiger partial charge in [0.15, 0.2) is 0 Å². The monoisotopic (exact) mass is 294 g/mol. The normalized spacial score (nSPS) is 12.7. The van der Waals surface area contributed by atoms with Crippen LogP contribution in [0.2, 0.25) is 0 Å². The number of rotatable bonds is 3. The molecule has 1 aromatic heterocycles. The second kappa shape index (κ2) is 5.00. The van der Waals surface area contributed by atoms with E-state index in [2.05, 4.69) is 59.0 Å². The maximum atomic E-state index is 5.67. The molecule has 0 bridgehead atoms. The molecule has 90 valence electrons. The minimum absolute atomic E-state index is 0.134. The highest BCUT2D eigenvalue weighted by atomic mass is 79.9. The maximum absolute atomic E-state index is 5.67. The third kappa shape index (κ3) is 2.57. The van der Waals surface area contributed by atoms with Crippen molar-refractivity contribution in [2.75, 3.05) is 0 Å². The van der Waals surface area contributed by atoms with Crippen LogP contribution in [-0.4, -0.2) is 10.2 Å². The number of halogens is 1. The second-order valence-electron chi connectivity index (χ2n) is 4.14. The zero-order valence-electron chi connectivity index (χ0n) is 10.2. The van der Waals surface area contributed by atoms with Crippen molar-refractivity contribution in [2.24, 2.45) is 0 Å². The van der Waals surface area contributed by atoms with E-state index >= 15 is 0 Å². The summed E-state index contributed by atoms with van der Waals surface area (Å²) < 4.78 is 5.67. The zero-order valence-corrected chi connectivity index (χ0v) is 11.8. The van der Waals surface area contributed by atoms with Crippen LogP contribution in [0.25, 0.3) is 11.5 Å². The number of aromatic nitrogens is 2. The Labute approximate surface area is 109 Å². The van der Waals surface area contributed by atoms with Gasteiger partial charge >= 0.3 is 0 Å². The first-order valence-corrected chi connectivity index (χ1v) is 6.58. The molecule has 0 spiro atoms. The summed E-state index contributed by atoms with van der Waals surface area (Å²) in [5, 5.41) is 8.16. The summed E-state index contributed by atoms with van der Waals surface area (Å²) in [7, 11) is 0. The Morgan fingerprint density at radius 2 is 2.06 bits per heavy atom. The van der Waals surface area contributed by atoms with Gasteiger partial charge in [0, 0.05) is 5.56 Å². The largest absolute Gasteiger partial charge is 0.419 e. The van der Waals surface area contributed by atoms with E-state index in [9.17, 15) is 0 Å². The Hall–Kier alpha value is -1.16. The van der Waals surface area contributed by atoms with Gasteiger partial charge in [-0.3, -0.25) is 0 Å². The molecule has 1 unspecified atom stereocenters. The molecular formula is C13H15BrN2O. The molecule has 0 radical (unpaired) electrons. The van der Waals surface area contributed by atoms with Crippen molar-refractivity contribution in [1.82, 2.24) is 10.2 Å². The Morgan fingerprint density at radius 3 is 2.71 bits per heavy atom. The molecular weight excluding hydrogens is 280 g/mol. The van der Waals surface area contributed by atoms with E-state index in [0.29, 0.717) is 11.8 Å². The van der Waals surface area contributed by atoms with Crippen LogP contribution in [0.3, 0.4) is 0 Å². The van der Waals surface area contributed by atoms with Gasteiger partial charge in [-0.25, -0.2) is 0 Å². The van der Waals surface area contributed by atoms with Gasteiger partial charge in [0.25, 0.3) is 0 Å². The Kier molecular flexibility index (Phi) is 3.62. The first kappa shape index (κ1) is 12.3. The molecule has 0 N–H and O–H groups in total. The fourth-order valence-corrected chi connectivity index (χ4v) is 1.88. The van der Waals surface area contributed by atoms with E-state index in [1.807, 2.05) is 6.07 Å². The van der Waals surface area contributed by atoms with E-state index in [-0.39, 0.29) is 4.83 Å². The minimum Gasteiger partial charge on any atom is -0.419 e. The minimum atomic E-state index is 0.134. The van der Waals surface area contributed by atoms with Gasteiger partial charge in [-0.2, -0.15) is 0 Å². The van der Waals surface area contributed by atoms with Crippen LogP contribution in [0.4, 0.5) is 0 Å². The van der Waals surface area contributed by atoms with E-state index < -0.39 is 0 Å². The zero-order chi connectivity index (χ0) is 12.4. The fraction of sp³-hybridized carbons (Fsp3) is 0.385. The summed E-state index contributed by atoms with van der Waals surface area (Å²) in [5.74, 6) is 1.23. The SMILES string of the molecule is CCC(Br)c1nnc(-c2ccc(C)cc2C)o1. The smallest absolute Gasteiger partial charge is 0.248 e. The molecule has 2 aromatic rings. The molecule has 1 aromatic carbocycles. The van der Waals surface area contributed by atoms with Crippen molar-refractivity contribution in [3.05, 3.63) is 35.2 Å². The van der Waals surface area contributed by atoms with E-state index in [4.69, 9.17) is 4.42 Å². The molecule has 4 heteroatoms. The predicted molar refractivity (Wildman–Crippen MR) is 71.2 cm³/mol. The van der Waals surface area contributed by atoms with Crippen molar-refractivity contribution in [1.29, 1.82) is 0 Å². The lowest BCUT2D eigenvalue weighted by molar-refractivity contribution is 0.500. The molecule has 0 saturated carbocycles. The first-order chi connectivity index (χ1) is 8.11.